The Bertz CT molecular complexity index is 1610. The lowest BCUT2D eigenvalue weighted by Crippen LogP contribution is -2.36. The third kappa shape index (κ3) is 4.78. The van der Waals surface area contributed by atoms with E-state index in [4.69, 9.17) is 9.72 Å². The van der Waals surface area contributed by atoms with Crippen LogP contribution in [0.25, 0.3) is 16.7 Å². The molecule has 4 aromatic rings. The summed E-state index contributed by atoms with van der Waals surface area (Å²) in [5.41, 5.74) is 1.83. The summed E-state index contributed by atoms with van der Waals surface area (Å²) in [6.07, 6.45) is 7.02. The van der Waals surface area contributed by atoms with Gasteiger partial charge in [0, 0.05) is 12.2 Å². The molecule has 1 atom stereocenters. The molecule has 1 aromatic carbocycles. The molecule has 3 heterocycles. The van der Waals surface area contributed by atoms with Crippen molar-refractivity contribution in [3.63, 3.8) is 0 Å². The highest BCUT2D eigenvalue weighted by Gasteiger charge is 2.26. The molecule has 8 nitrogen and oxygen atoms in total. The zero-order valence-electron chi connectivity index (χ0n) is 21.8. The summed E-state index contributed by atoms with van der Waals surface area (Å²) in [7, 11) is 0. The van der Waals surface area contributed by atoms with Gasteiger partial charge in [0.25, 0.3) is 11.5 Å². The molecule has 0 N–H and O–H groups in total. The molecule has 1 fully saturated rings. The Labute approximate surface area is 220 Å². The Hall–Kier alpha value is -4.07. The zero-order valence-corrected chi connectivity index (χ0v) is 21.8. The minimum Gasteiger partial charge on any atom is -0.462 e. The van der Waals surface area contributed by atoms with Crippen molar-refractivity contribution < 1.29 is 14.3 Å². The van der Waals surface area contributed by atoms with Crippen LogP contribution in [0, 0.1) is 0 Å². The first kappa shape index (κ1) is 25.6. The van der Waals surface area contributed by atoms with Crippen molar-refractivity contribution in [2.24, 2.45) is 4.99 Å². The topological polar surface area (TPSA) is 95.0 Å². The van der Waals surface area contributed by atoms with E-state index < -0.39 is 11.9 Å². The molecule has 0 bridgehead atoms. The molecule has 5 rings (SSSR count). The highest BCUT2D eigenvalue weighted by Crippen LogP contribution is 2.29. The Balaban J connectivity index is 1.86. The van der Waals surface area contributed by atoms with E-state index >= 15 is 0 Å². The summed E-state index contributed by atoms with van der Waals surface area (Å²) < 4.78 is 8.72. The van der Waals surface area contributed by atoms with Crippen molar-refractivity contribution in [1.82, 2.24) is 14.0 Å². The number of carbonyl (C=O) groups excluding carboxylic acids is 2. The molecule has 1 saturated carbocycles. The molecule has 1 aliphatic carbocycles. The second-order valence-electron chi connectivity index (χ2n) is 9.67. The van der Waals surface area contributed by atoms with Gasteiger partial charge in [0.15, 0.2) is 5.49 Å². The van der Waals surface area contributed by atoms with E-state index in [1.54, 1.807) is 25.3 Å². The third-order valence-corrected chi connectivity index (χ3v) is 7.29. The van der Waals surface area contributed by atoms with Gasteiger partial charge < -0.3 is 9.30 Å². The van der Waals surface area contributed by atoms with Gasteiger partial charge in [-0.2, -0.15) is 4.99 Å². The van der Waals surface area contributed by atoms with Crippen molar-refractivity contribution in [2.75, 3.05) is 6.61 Å². The first-order valence-corrected chi connectivity index (χ1v) is 13.4. The van der Waals surface area contributed by atoms with Gasteiger partial charge in [-0.3, -0.25) is 14.0 Å². The second-order valence-corrected chi connectivity index (χ2v) is 9.67. The van der Waals surface area contributed by atoms with Crippen LogP contribution in [-0.4, -0.2) is 32.4 Å². The first-order chi connectivity index (χ1) is 18.5. The molecule has 0 aliphatic heterocycles. The van der Waals surface area contributed by atoms with E-state index in [9.17, 15) is 14.4 Å². The molecular formula is C30H32N4O4. The van der Waals surface area contributed by atoms with Gasteiger partial charge in [-0.05, 0) is 49.9 Å². The quantitative estimate of drug-likeness (QED) is 0.269. The van der Waals surface area contributed by atoms with Gasteiger partial charge in [-0.25, -0.2) is 9.78 Å². The summed E-state index contributed by atoms with van der Waals surface area (Å²) in [6.45, 7) is 3.83. The van der Waals surface area contributed by atoms with Crippen molar-refractivity contribution in [2.45, 2.75) is 64.3 Å². The molecule has 0 saturated heterocycles. The Morgan fingerprint density at radius 2 is 1.79 bits per heavy atom. The van der Waals surface area contributed by atoms with Gasteiger partial charge in [0.2, 0.25) is 0 Å². The number of benzene rings is 1. The number of fused-ring (bicyclic) bond motifs is 2. The van der Waals surface area contributed by atoms with Crippen molar-refractivity contribution in [3.8, 4) is 0 Å². The molecule has 38 heavy (non-hydrogen) atoms. The van der Waals surface area contributed by atoms with Crippen LogP contribution in [0.4, 0.5) is 0 Å². The summed E-state index contributed by atoms with van der Waals surface area (Å²) in [4.78, 5) is 50.0. The molecule has 8 heteroatoms. The minimum atomic E-state index is -0.615. The third-order valence-electron chi connectivity index (χ3n) is 7.29. The smallest absolute Gasteiger partial charge is 0.341 e. The minimum absolute atomic E-state index is 0.0537. The van der Waals surface area contributed by atoms with Gasteiger partial charge in [-0.15, -0.1) is 0 Å². The molecular weight excluding hydrogens is 480 g/mol. The number of carbonyl (C=O) groups is 2. The molecule has 3 aromatic heterocycles. The fourth-order valence-electron chi connectivity index (χ4n) is 5.42. The summed E-state index contributed by atoms with van der Waals surface area (Å²) in [5, 5.41) is 0.295. The van der Waals surface area contributed by atoms with Gasteiger partial charge in [0.1, 0.15) is 16.9 Å². The lowest BCUT2D eigenvalue weighted by Gasteiger charge is -2.27. The molecule has 1 amide bonds. The average Bonchev–Trinajstić information content (AvgIpc) is 2.94. The first-order valence-electron chi connectivity index (χ1n) is 13.4. The number of hydrogen-bond donors (Lipinski definition) is 0. The summed E-state index contributed by atoms with van der Waals surface area (Å²) >= 11 is 0. The second kappa shape index (κ2) is 11.1. The fraction of sp³-hybridized carbons (Fsp3) is 0.367. The van der Waals surface area contributed by atoms with Crippen LogP contribution >= 0.6 is 0 Å². The van der Waals surface area contributed by atoms with Crippen molar-refractivity contribution in [1.29, 1.82) is 0 Å². The van der Waals surface area contributed by atoms with Crippen LogP contribution in [0.5, 0.6) is 0 Å². The maximum absolute atomic E-state index is 13.7. The van der Waals surface area contributed by atoms with E-state index in [2.05, 4.69) is 4.99 Å². The largest absolute Gasteiger partial charge is 0.462 e. The Morgan fingerprint density at radius 3 is 2.50 bits per heavy atom. The summed E-state index contributed by atoms with van der Waals surface area (Å²) in [5.74, 6) is -1.42. The van der Waals surface area contributed by atoms with Crippen LogP contribution in [-0.2, 0) is 9.53 Å². The number of ether oxygens (including phenoxy) is 1. The van der Waals surface area contributed by atoms with Crippen LogP contribution in [0.3, 0.4) is 0 Å². The maximum Gasteiger partial charge on any atom is 0.341 e. The maximum atomic E-state index is 13.7. The monoisotopic (exact) mass is 512 g/mol. The molecule has 0 unspecified atom stereocenters. The average molecular weight is 513 g/mol. The van der Waals surface area contributed by atoms with Gasteiger partial charge >= 0.3 is 5.97 Å². The zero-order chi connectivity index (χ0) is 26.6. The van der Waals surface area contributed by atoms with E-state index in [0.717, 1.165) is 37.7 Å². The van der Waals surface area contributed by atoms with Crippen molar-refractivity contribution in [3.05, 3.63) is 87.8 Å². The lowest BCUT2D eigenvalue weighted by atomic mass is 9.94. The highest BCUT2D eigenvalue weighted by molar-refractivity contribution is 5.94. The van der Waals surface area contributed by atoms with E-state index in [1.165, 1.54) is 10.5 Å². The Kier molecular flexibility index (Phi) is 7.49. The van der Waals surface area contributed by atoms with Gasteiger partial charge in [0.05, 0.1) is 17.9 Å². The van der Waals surface area contributed by atoms with Crippen LogP contribution in [0.1, 0.15) is 80.3 Å². The molecule has 196 valence electrons. The molecule has 0 spiro atoms. The standard InChI is InChI=1S/C30H32N4O4/c1-3-22(20-13-7-5-8-14-20)28(35)32-27-24(30(37)38-4-2)19-23-26(34(27)21-15-9-6-10-16-21)31-25-17-11-12-18-33(25)29(23)36/h5,7-8,11-14,17-19,21-22H,3-4,6,9-10,15-16H2,1-2H3/t22-/m0/s1. The number of aromatic nitrogens is 3. The predicted molar refractivity (Wildman–Crippen MR) is 145 cm³/mol. The number of rotatable bonds is 6. The SMILES string of the molecule is CCOC(=O)c1cc2c(=O)n3ccccc3nc2n(C2CCCCC2)c1=NC(=O)[C@@H](CC)c1ccccc1. The van der Waals surface area contributed by atoms with Crippen molar-refractivity contribution >= 4 is 28.6 Å². The van der Waals surface area contributed by atoms with Crippen LogP contribution < -0.4 is 11.0 Å². The van der Waals surface area contributed by atoms with E-state index in [0.29, 0.717) is 23.1 Å². The lowest BCUT2D eigenvalue weighted by molar-refractivity contribution is -0.119. The fourth-order valence-corrected chi connectivity index (χ4v) is 5.42. The number of nitrogens with zero attached hydrogens (tertiary/aromatic N) is 4. The normalized spacial score (nSPS) is 15.6. The van der Waals surface area contributed by atoms with E-state index in [1.807, 2.05) is 47.9 Å². The number of amides is 1. The number of pyridine rings is 2. The number of esters is 1. The highest BCUT2D eigenvalue weighted by atomic mass is 16.5. The predicted octanol–water partition coefficient (Wildman–Crippen LogP) is 4.95. The van der Waals surface area contributed by atoms with E-state index in [-0.39, 0.29) is 35.2 Å². The van der Waals surface area contributed by atoms with Gasteiger partial charge in [-0.1, -0.05) is 62.6 Å². The van der Waals surface area contributed by atoms with Crippen LogP contribution in [0.15, 0.2) is 70.6 Å². The van der Waals surface area contributed by atoms with Crippen LogP contribution in [0.2, 0.25) is 0 Å². The Morgan fingerprint density at radius 1 is 1.05 bits per heavy atom. The molecule has 1 aliphatic rings. The summed E-state index contributed by atoms with van der Waals surface area (Å²) in [6, 6.07) is 16.3. The number of hydrogen-bond acceptors (Lipinski definition) is 5. The molecule has 0 radical (unpaired) electrons.